The molecule has 0 aliphatic carbocycles. The number of aliphatic carboxylic acids is 1. The van der Waals surface area contributed by atoms with E-state index in [9.17, 15) is 9.59 Å². The summed E-state index contributed by atoms with van der Waals surface area (Å²) in [6.45, 7) is 2.57. The minimum atomic E-state index is -0.832. The van der Waals surface area contributed by atoms with Crippen molar-refractivity contribution < 1.29 is 19.4 Å². The molecule has 0 aliphatic rings. The first-order valence-electron chi connectivity index (χ1n) is 8.55. The molecule has 3 rings (SSSR count). The van der Waals surface area contributed by atoms with Crippen LogP contribution in [0.25, 0.3) is 5.65 Å². The number of aromatic nitrogens is 3. The average Bonchev–Trinajstić information content (AvgIpc) is 3.07. The second-order valence-electron chi connectivity index (χ2n) is 6.07. The fourth-order valence-corrected chi connectivity index (χ4v) is 2.51. The lowest BCUT2D eigenvalue weighted by atomic mass is 10.2. The molecule has 0 radical (unpaired) electrons. The maximum atomic E-state index is 12.4. The van der Waals surface area contributed by atoms with Gasteiger partial charge in [-0.3, -0.25) is 9.59 Å². The molecule has 2 aromatic heterocycles. The highest BCUT2D eigenvalue weighted by Crippen LogP contribution is 2.13. The molecule has 8 nitrogen and oxygen atoms in total. The first-order valence-corrected chi connectivity index (χ1v) is 8.55. The van der Waals surface area contributed by atoms with Crippen LogP contribution >= 0.6 is 0 Å². The van der Waals surface area contributed by atoms with E-state index >= 15 is 0 Å². The molecule has 140 valence electrons. The first kappa shape index (κ1) is 18.4. The van der Waals surface area contributed by atoms with Crippen LogP contribution in [0.2, 0.25) is 0 Å². The lowest BCUT2D eigenvalue weighted by molar-refractivity contribution is -0.137. The highest BCUT2D eigenvalue weighted by molar-refractivity contribution is 5.99. The summed E-state index contributed by atoms with van der Waals surface area (Å²) in [6, 6.07) is 9.12. The molecular formula is C19H20N4O4. The number of fused-ring (bicyclic) bond motifs is 1. The number of carbonyl (C=O) groups is 2. The van der Waals surface area contributed by atoms with Gasteiger partial charge in [0.2, 0.25) is 0 Å². The number of carboxylic acids is 1. The second kappa shape index (κ2) is 8.31. The Balaban J connectivity index is 1.54. The van der Waals surface area contributed by atoms with Crippen LogP contribution in [0.1, 0.15) is 34.5 Å². The number of carbonyl (C=O) groups excluding carboxylic acids is 1. The Labute approximate surface area is 155 Å². The van der Waals surface area contributed by atoms with Gasteiger partial charge in [0.15, 0.2) is 5.65 Å². The van der Waals surface area contributed by atoms with Crippen LogP contribution in [0.4, 0.5) is 0 Å². The van der Waals surface area contributed by atoms with E-state index in [4.69, 9.17) is 9.84 Å². The molecule has 0 atom stereocenters. The van der Waals surface area contributed by atoms with E-state index < -0.39 is 5.97 Å². The van der Waals surface area contributed by atoms with E-state index in [0.29, 0.717) is 36.5 Å². The molecule has 0 fully saturated rings. The number of rotatable bonds is 8. The van der Waals surface area contributed by atoms with E-state index in [0.717, 1.165) is 11.3 Å². The summed E-state index contributed by atoms with van der Waals surface area (Å²) in [5.41, 5.74) is 2.69. The molecule has 0 saturated carbocycles. The smallest absolute Gasteiger partial charge is 0.303 e. The minimum absolute atomic E-state index is 0.0854. The number of nitrogens with one attached hydrogen (secondary N) is 1. The van der Waals surface area contributed by atoms with Crippen LogP contribution in [-0.2, 0) is 11.3 Å². The van der Waals surface area contributed by atoms with Crippen molar-refractivity contribution in [3.63, 3.8) is 0 Å². The van der Waals surface area contributed by atoms with Crippen LogP contribution in [0.5, 0.6) is 5.75 Å². The van der Waals surface area contributed by atoms with Crippen molar-refractivity contribution >= 4 is 17.5 Å². The number of carboxylic acid groups (broad SMARTS) is 1. The van der Waals surface area contributed by atoms with Crippen LogP contribution in [0.3, 0.4) is 0 Å². The molecule has 27 heavy (non-hydrogen) atoms. The van der Waals surface area contributed by atoms with Crippen molar-refractivity contribution in [2.45, 2.75) is 26.3 Å². The molecule has 0 saturated heterocycles. The Morgan fingerprint density at radius 1 is 1.22 bits per heavy atom. The number of amides is 1. The minimum Gasteiger partial charge on any atom is -0.494 e. The molecular weight excluding hydrogens is 348 g/mol. The van der Waals surface area contributed by atoms with Crippen molar-refractivity contribution in [1.29, 1.82) is 0 Å². The SMILES string of the molecule is Cc1ccn2ncc(C(=O)NCc3ccc(OCCCC(=O)O)cc3)c2n1. The molecule has 2 N–H and O–H groups in total. The van der Waals surface area contributed by atoms with Gasteiger partial charge in [-0.25, -0.2) is 9.50 Å². The Kier molecular flexibility index (Phi) is 5.65. The number of benzene rings is 1. The molecule has 1 aromatic carbocycles. The standard InChI is InChI=1S/C19H20N4O4/c1-13-8-9-23-18(22-13)16(12-21-23)19(26)20-11-14-4-6-15(7-5-14)27-10-2-3-17(24)25/h4-9,12H,2-3,10-11H2,1H3,(H,20,26)(H,24,25). The summed E-state index contributed by atoms with van der Waals surface area (Å²) in [6.07, 6.45) is 3.82. The predicted octanol–water partition coefficient (Wildman–Crippen LogP) is 2.21. The van der Waals surface area contributed by atoms with Crippen molar-refractivity contribution in [1.82, 2.24) is 19.9 Å². The Bertz CT molecular complexity index is 950. The molecule has 2 heterocycles. The van der Waals surface area contributed by atoms with Crippen LogP contribution in [-0.4, -0.2) is 38.2 Å². The molecule has 0 aliphatic heterocycles. The number of nitrogens with zero attached hydrogens (tertiary/aromatic N) is 3. The summed E-state index contributed by atoms with van der Waals surface area (Å²) in [4.78, 5) is 27.2. The quantitative estimate of drug-likeness (QED) is 0.591. The van der Waals surface area contributed by atoms with Gasteiger partial charge in [0, 0.05) is 24.9 Å². The van der Waals surface area contributed by atoms with E-state index in [-0.39, 0.29) is 12.3 Å². The monoisotopic (exact) mass is 368 g/mol. The topological polar surface area (TPSA) is 106 Å². The highest BCUT2D eigenvalue weighted by Gasteiger charge is 2.13. The van der Waals surface area contributed by atoms with Gasteiger partial charge in [-0.05, 0) is 37.1 Å². The fourth-order valence-electron chi connectivity index (χ4n) is 2.51. The highest BCUT2D eigenvalue weighted by atomic mass is 16.5. The summed E-state index contributed by atoms with van der Waals surface area (Å²) >= 11 is 0. The third-order valence-corrected chi connectivity index (χ3v) is 3.93. The number of ether oxygens (including phenoxy) is 1. The summed E-state index contributed by atoms with van der Waals surface area (Å²) in [7, 11) is 0. The van der Waals surface area contributed by atoms with E-state index in [2.05, 4.69) is 15.4 Å². The van der Waals surface area contributed by atoms with Crippen LogP contribution < -0.4 is 10.1 Å². The largest absolute Gasteiger partial charge is 0.494 e. The summed E-state index contributed by atoms with van der Waals surface area (Å²) < 4.78 is 7.05. The summed E-state index contributed by atoms with van der Waals surface area (Å²) in [5, 5.41) is 15.6. The zero-order chi connectivity index (χ0) is 19.2. The maximum absolute atomic E-state index is 12.4. The van der Waals surface area contributed by atoms with E-state index in [1.54, 1.807) is 22.8 Å². The maximum Gasteiger partial charge on any atom is 0.303 e. The normalized spacial score (nSPS) is 10.7. The van der Waals surface area contributed by atoms with Gasteiger partial charge < -0.3 is 15.2 Å². The fraction of sp³-hybridized carbons (Fsp3) is 0.263. The van der Waals surface area contributed by atoms with E-state index in [1.165, 1.54) is 6.20 Å². The van der Waals surface area contributed by atoms with Gasteiger partial charge in [-0.2, -0.15) is 5.10 Å². The van der Waals surface area contributed by atoms with E-state index in [1.807, 2.05) is 25.1 Å². The van der Waals surface area contributed by atoms with Crippen LogP contribution in [0.15, 0.2) is 42.7 Å². The van der Waals surface area contributed by atoms with Gasteiger partial charge in [-0.1, -0.05) is 12.1 Å². The predicted molar refractivity (Wildman–Crippen MR) is 97.7 cm³/mol. The number of hydrogen-bond donors (Lipinski definition) is 2. The molecule has 0 spiro atoms. The van der Waals surface area contributed by atoms with Crippen molar-refractivity contribution in [2.75, 3.05) is 6.61 Å². The van der Waals surface area contributed by atoms with Gasteiger partial charge in [-0.15, -0.1) is 0 Å². The average molecular weight is 368 g/mol. The Morgan fingerprint density at radius 3 is 2.74 bits per heavy atom. The first-order chi connectivity index (χ1) is 13.0. The Morgan fingerprint density at radius 2 is 2.00 bits per heavy atom. The number of hydrogen-bond acceptors (Lipinski definition) is 5. The zero-order valence-electron chi connectivity index (χ0n) is 14.9. The second-order valence-corrected chi connectivity index (χ2v) is 6.07. The molecule has 1 amide bonds. The van der Waals surface area contributed by atoms with Crippen LogP contribution in [0, 0.1) is 6.92 Å². The van der Waals surface area contributed by atoms with Crippen molar-refractivity contribution in [3.05, 3.63) is 59.5 Å². The lowest BCUT2D eigenvalue weighted by Gasteiger charge is -2.07. The lowest BCUT2D eigenvalue weighted by Crippen LogP contribution is -2.22. The molecule has 0 bridgehead atoms. The zero-order valence-corrected chi connectivity index (χ0v) is 14.9. The Hall–Kier alpha value is -3.42. The van der Waals surface area contributed by atoms with Gasteiger partial charge in [0.05, 0.1) is 12.8 Å². The van der Waals surface area contributed by atoms with Gasteiger partial charge >= 0.3 is 5.97 Å². The van der Waals surface area contributed by atoms with Crippen molar-refractivity contribution in [2.24, 2.45) is 0 Å². The molecule has 0 unspecified atom stereocenters. The third kappa shape index (κ3) is 4.81. The molecule has 3 aromatic rings. The summed E-state index contributed by atoms with van der Waals surface area (Å²) in [5.74, 6) is -0.406. The molecule has 8 heteroatoms. The van der Waals surface area contributed by atoms with Crippen molar-refractivity contribution in [3.8, 4) is 5.75 Å². The third-order valence-electron chi connectivity index (χ3n) is 3.93. The van der Waals surface area contributed by atoms with Gasteiger partial charge in [0.1, 0.15) is 11.3 Å². The van der Waals surface area contributed by atoms with Gasteiger partial charge in [0.25, 0.3) is 5.91 Å². The number of aryl methyl sites for hydroxylation is 1.